The first kappa shape index (κ1) is 22.4. The fraction of sp³-hybridized carbons (Fsp3) is 0.500. The minimum absolute atomic E-state index is 0.151. The highest BCUT2D eigenvalue weighted by atomic mass is 35.5. The van der Waals surface area contributed by atoms with Crippen molar-refractivity contribution in [3.8, 4) is 0 Å². The molecule has 10 nitrogen and oxygen atoms in total. The minimum Gasteiger partial charge on any atom is -0.369 e. The van der Waals surface area contributed by atoms with Crippen molar-refractivity contribution in [3.05, 3.63) is 29.0 Å². The summed E-state index contributed by atoms with van der Waals surface area (Å²) in [5, 5.41) is 11.3. The number of likely N-dealkylation sites (tertiary alicyclic amines) is 1. The Hall–Kier alpha value is -2.76. The number of primary amides is 1. The molecule has 0 spiro atoms. The van der Waals surface area contributed by atoms with Gasteiger partial charge in [-0.1, -0.05) is 11.6 Å². The molecular formula is C20H24ClFN6O4. The summed E-state index contributed by atoms with van der Waals surface area (Å²) >= 11 is 5.76. The maximum atomic E-state index is 13.4. The summed E-state index contributed by atoms with van der Waals surface area (Å²) in [7, 11) is 0. The van der Waals surface area contributed by atoms with Crippen LogP contribution in [-0.4, -0.2) is 54.1 Å². The van der Waals surface area contributed by atoms with Gasteiger partial charge in [0.1, 0.15) is 12.1 Å². The third-order valence-corrected chi connectivity index (χ3v) is 6.54. The molecule has 4 atom stereocenters. The Morgan fingerprint density at radius 3 is 2.56 bits per heavy atom. The van der Waals surface area contributed by atoms with Crippen LogP contribution < -0.4 is 27.0 Å². The minimum atomic E-state index is -0.924. The lowest BCUT2D eigenvalue weighted by Gasteiger charge is -2.47. The molecule has 3 aliphatic heterocycles. The number of carbonyl (C=O) groups is 4. The molecule has 4 rings (SSSR count). The van der Waals surface area contributed by atoms with Crippen molar-refractivity contribution in [1.82, 2.24) is 20.9 Å². The Balaban J connectivity index is 1.44. The molecule has 172 valence electrons. The Morgan fingerprint density at radius 2 is 1.91 bits per heavy atom. The van der Waals surface area contributed by atoms with Crippen LogP contribution in [0.1, 0.15) is 19.3 Å². The lowest BCUT2D eigenvalue weighted by Crippen LogP contribution is -2.74. The van der Waals surface area contributed by atoms with Crippen LogP contribution in [0.2, 0.25) is 5.02 Å². The Bertz CT molecular complexity index is 954. The van der Waals surface area contributed by atoms with Gasteiger partial charge in [-0.3, -0.25) is 29.4 Å². The first-order chi connectivity index (χ1) is 15.2. The van der Waals surface area contributed by atoms with Gasteiger partial charge in [0.05, 0.1) is 23.0 Å². The number of anilines is 1. The van der Waals surface area contributed by atoms with E-state index in [4.69, 9.17) is 17.3 Å². The quantitative estimate of drug-likeness (QED) is 0.411. The van der Waals surface area contributed by atoms with Gasteiger partial charge < -0.3 is 21.7 Å². The van der Waals surface area contributed by atoms with Crippen molar-refractivity contribution in [2.24, 2.45) is 23.5 Å². The van der Waals surface area contributed by atoms with Gasteiger partial charge in [0.15, 0.2) is 0 Å². The van der Waals surface area contributed by atoms with E-state index in [0.29, 0.717) is 25.9 Å². The molecule has 1 aromatic rings. The smallest absolute Gasteiger partial charge is 0.229 e. The molecule has 0 radical (unpaired) electrons. The molecule has 3 aliphatic rings. The number of nitrogens with two attached hydrogens (primary N) is 1. The van der Waals surface area contributed by atoms with Crippen LogP contribution in [0.3, 0.4) is 0 Å². The van der Waals surface area contributed by atoms with E-state index in [9.17, 15) is 23.6 Å². The van der Waals surface area contributed by atoms with Crippen molar-refractivity contribution >= 4 is 40.9 Å². The van der Waals surface area contributed by atoms with Gasteiger partial charge in [-0.05, 0) is 31.0 Å². The van der Waals surface area contributed by atoms with Crippen LogP contribution in [0.15, 0.2) is 18.2 Å². The van der Waals surface area contributed by atoms with Crippen molar-refractivity contribution in [2.45, 2.75) is 31.7 Å². The summed E-state index contributed by atoms with van der Waals surface area (Å²) in [6, 6.07) is 3.74. The Morgan fingerprint density at radius 1 is 1.19 bits per heavy atom. The number of carbonyl (C=O) groups excluding carboxylic acids is 4. The lowest BCUT2D eigenvalue weighted by molar-refractivity contribution is -0.148. The number of benzene rings is 1. The zero-order chi connectivity index (χ0) is 23.0. The summed E-state index contributed by atoms with van der Waals surface area (Å²) in [6.07, 6.45) is -0.289. The zero-order valence-corrected chi connectivity index (χ0v) is 17.8. The van der Waals surface area contributed by atoms with Gasteiger partial charge in [0.2, 0.25) is 23.6 Å². The van der Waals surface area contributed by atoms with Gasteiger partial charge in [-0.15, -0.1) is 0 Å². The molecule has 6 N–H and O–H groups in total. The second-order valence-corrected chi connectivity index (χ2v) is 8.70. The normalized spacial score (nSPS) is 28.9. The predicted octanol–water partition coefficient (Wildman–Crippen LogP) is -0.304. The summed E-state index contributed by atoms with van der Waals surface area (Å²) in [6.45, 7) is 1.10. The molecule has 1 aromatic carbocycles. The van der Waals surface area contributed by atoms with Crippen LogP contribution in [0, 0.1) is 23.6 Å². The first-order valence-corrected chi connectivity index (χ1v) is 10.8. The number of hydrogen-bond acceptors (Lipinski definition) is 6. The van der Waals surface area contributed by atoms with Crippen LogP contribution in [0.25, 0.3) is 0 Å². The Labute approximate surface area is 188 Å². The highest BCUT2D eigenvalue weighted by molar-refractivity contribution is 6.31. The molecule has 4 amide bonds. The van der Waals surface area contributed by atoms with Crippen molar-refractivity contribution in [3.63, 3.8) is 0 Å². The highest BCUT2D eigenvalue weighted by Crippen LogP contribution is 2.29. The third kappa shape index (κ3) is 4.54. The average molecular weight is 467 g/mol. The maximum absolute atomic E-state index is 13.4. The molecule has 3 heterocycles. The van der Waals surface area contributed by atoms with Crippen LogP contribution in [-0.2, 0) is 19.2 Å². The van der Waals surface area contributed by atoms with Crippen LogP contribution in [0.4, 0.5) is 10.1 Å². The van der Waals surface area contributed by atoms with Gasteiger partial charge in [0.25, 0.3) is 0 Å². The van der Waals surface area contributed by atoms with E-state index < -0.39 is 36.0 Å². The summed E-state index contributed by atoms with van der Waals surface area (Å²) in [5.74, 6) is -4.17. The number of nitrogens with zero attached hydrogens (tertiary/aromatic N) is 1. The fourth-order valence-corrected chi connectivity index (χ4v) is 4.69. The van der Waals surface area contributed by atoms with Crippen molar-refractivity contribution < 1.29 is 23.6 Å². The molecule has 0 saturated carbocycles. The molecule has 0 aliphatic carbocycles. The SMILES string of the molecule is NC(=O)C1CCN(C2NC(=O)C3C(NC(=O)CC3C(=O)Nc3ccc(F)c(Cl)c3)N2)CC1. The number of rotatable bonds is 4. The molecule has 4 unspecified atom stereocenters. The van der Waals surface area contributed by atoms with Crippen molar-refractivity contribution in [2.75, 3.05) is 18.4 Å². The standard InChI is InChI=1S/C20H24ClFN6O4/c21-12-7-10(1-2-13(12)22)24-18(31)11-8-14(29)25-17-15(11)19(32)27-20(26-17)28-5-3-9(4-6-28)16(23)30/h1-2,7,9,11,15,17,20,26H,3-6,8H2,(H2,23,30)(H,24,31)(H,25,29)(H,27,32). The molecule has 12 heteroatoms. The van der Waals surface area contributed by atoms with Crippen LogP contribution >= 0.6 is 11.6 Å². The van der Waals surface area contributed by atoms with E-state index in [-0.39, 0.29) is 40.8 Å². The molecule has 3 fully saturated rings. The number of piperidine rings is 2. The summed E-state index contributed by atoms with van der Waals surface area (Å²) in [5.41, 5.74) is 5.64. The van der Waals surface area contributed by atoms with Gasteiger partial charge in [-0.25, -0.2) is 4.39 Å². The second-order valence-electron chi connectivity index (χ2n) is 8.29. The number of hydrogen-bond donors (Lipinski definition) is 5. The van der Waals surface area contributed by atoms with Crippen molar-refractivity contribution in [1.29, 1.82) is 0 Å². The summed E-state index contributed by atoms with van der Waals surface area (Å²) < 4.78 is 13.4. The predicted molar refractivity (Wildman–Crippen MR) is 112 cm³/mol. The van der Waals surface area contributed by atoms with E-state index in [1.54, 1.807) is 0 Å². The van der Waals surface area contributed by atoms with E-state index >= 15 is 0 Å². The molecule has 0 bridgehead atoms. The zero-order valence-electron chi connectivity index (χ0n) is 17.1. The fourth-order valence-electron chi connectivity index (χ4n) is 4.51. The number of nitrogens with one attached hydrogen (secondary N) is 4. The molecule has 0 aromatic heterocycles. The molecular weight excluding hydrogens is 443 g/mol. The molecule has 3 saturated heterocycles. The monoisotopic (exact) mass is 466 g/mol. The van der Waals surface area contributed by atoms with Crippen LogP contribution in [0.5, 0.6) is 0 Å². The summed E-state index contributed by atoms with van der Waals surface area (Å²) in [4.78, 5) is 51.5. The Kier molecular flexibility index (Phi) is 6.31. The second kappa shape index (κ2) is 9.00. The van der Waals surface area contributed by atoms with E-state index in [1.165, 1.54) is 12.1 Å². The van der Waals surface area contributed by atoms with Gasteiger partial charge in [-0.2, -0.15) is 0 Å². The largest absolute Gasteiger partial charge is 0.369 e. The van der Waals surface area contributed by atoms with Gasteiger partial charge in [0, 0.05) is 31.1 Å². The lowest BCUT2D eigenvalue weighted by atomic mass is 9.81. The molecule has 32 heavy (non-hydrogen) atoms. The average Bonchev–Trinajstić information content (AvgIpc) is 2.75. The topological polar surface area (TPSA) is 146 Å². The number of halogens is 2. The number of fused-ring (bicyclic) bond motifs is 1. The van der Waals surface area contributed by atoms with Gasteiger partial charge >= 0.3 is 0 Å². The van der Waals surface area contributed by atoms with E-state index in [0.717, 1.165) is 6.07 Å². The number of amides is 4. The maximum Gasteiger partial charge on any atom is 0.229 e. The third-order valence-electron chi connectivity index (χ3n) is 6.25. The van der Waals surface area contributed by atoms with E-state index in [1.807, 2.05) is 4.90 Å². The highest BCUT2D eigenvalue weighted by Gasteiger charge is 2.49. The van der Waals surface area contributed by atoms with E-state index in [2.05, 4.69) is 21.3 Å². The first-order valence-electron chi connectivity index (χ1n) is 10.4.